The zero-order valence-corrected chi connectivity index (χ0v) is 22.8. The molecule has 4 unspecified atom stereocenters. The number of carboxylic acids is 1. The highest BCUT2D eigenvalue weighted by molar-refractivity contribution is 7.80. The molecule has 2 heterocycles. The molecule has 0 spiro atoms. The SMILES string of the molecule is NCCCCC(NC(=O)C(N)Cc1cnc[nH]1)C(=O)NC(CS)C(=O)NC(Cc1c[nH]c2ccccc12)C(=O)O. The number of carbonyl (C=O) groups is 4. The van der Waals surface area contributed by atoms with Crippen molar-refractivity contribution in [2.45, 2.75) is 56.3 Å². The van der Waals surface area contributed by atoms with Crippen molar-refractivity contribution in [2.24, 2.45) is 11.5 Å². The van der Waals surface area contributed by atoms with Crippen LogP contribution >= 0.6 is 12.6 Å². The molecule has 14 heteroatoms. The van der Waals surface area contributed by atoms with Gasteiger partial charge in [0.2, 0.25) is 17.7 Å². The first kappa shape index (κ1) is 30.7. The molecule has 0 aliphatic rings. The van der Waals surface area contributed by atoms with Crippen LogP contribution < -0.4 is 27.4 Å². The van der Waals surface area contributed by atoms with E-state index in [9.17, 15) is 24.3 Å². The molecule has 0 fully saturated rings. The summed E-state index contributed by atoms with van der Waals surface area (Å²) in [6, 6.07) is 3.12. The number of aromatic nitrogens is 3. The standard InChI is InChI=1S/C26H36N8O5S/c27-8-4-3-7-20(32-23(35)18(28)10-16-12-29-14-31-16)24(36)34-22(13-40)25(37)33-21(26(38)39)9-15-11-30-19-6-2-1-5-17(15)19/h1-2,5-6,11-12,14,18,20-22,30,40H,3-4,7-10,13,27-28H2,(H,29,31)(H,32,35)(H,33,37)(H,34,36)(H,38,39). The predicted molar refractivity (Wildman–Crippen MR) is 152 cm³/mol. The lowest BCUT2D eigenvalue weighted by molar-refractivity contribution is -0.142. The van der Waals surface area contributed by atoms with Crippen molar-refractivity contribution in [2.75, 3.05) is 12.3 Å². The van der Waals surface area contributed by atoms with Crippen LogP contribution in [0.4, 0.5) is 0 Å². The molecule has 3 aromatic rings. The van der Waals surface area contributed by atoms with Crippen molar-refractivity contribution >= 4 is 47.2 Å². The Labute approximate surface area is 236 Å². The average molecular weight is 573 g/mol. The number of nitrogens with two attached hydrogens (primary N) is 2. The highest BCUT2D eigenvalue weighted by Crippen LogP contribution is 2.19. The molecular weight excluding hydrogens is 536 g/mol. The van der Waals surface area contributed by atoms with Crippen LogP contribution in [0.2, 0.25) is 0 Å². The van der Waals surface area contributed by atoms with Gasteiger partial charge < -0.3 is 42.5 Å². The quantitative estimate of drug-likeness (QED) is 0.0810. The van der Waals surface area contributed by atoms with Crippen LogP contribution in [0.5, 0.6) is 0 Å². The van der Waals surface area contributed by atoms with E-state index in [2.05, 4.69) is 43.5 Å². The normalized spacial score (nSPS) is 14.2. The highest BCUT2D eigenvalue weighted by Gasteiger charge is 2.30. The van der Waals surface area contributed by atoms with Crippen LogP contribution in [-0.4, -0.2) is 80.2 Å². The molecule has 0 bridgehead atoms. The van der Waals surface area contributed by atoms with Crippen molar-refractivity contribution in [1.29, 1.82) is 0 Å². The third kappa shape index (κ3) is 8.56. The van der Waals surface area contributed by atoms with E-state index < -0.39 is 47.9 Å². The third-order valence-corrected chi connectivity index (χ3v) is 6.81. The number of hydrogen-bond donors (Lipinski definition) is 9. The van der Waals surface area contributed by atoms with Crippen LogP contribution in [-0.2, 0) is 32.0 Å². The number of imidazole rings is 1. The van der Waals surface area contributed by atoms with Gasteiger partial charge in [0, 0.05) is 47.6 Å². The van der Waals surface area contributed by atoms with E-state index in [1.165, 1.54) is 6.33 Å². The first-order valence-corrected chi connectivity index (χ1v) is 13.6. The lowest BCUT2D eigenvalue weighted by Gasteiger charge is -2.24. The Morgan fingerprint density at radius 1 is 0.950 bits per heavy atom. The predicted octanol–water partition coefficient (Wildman–Crippen LogP) is -0.399. The van der Waals surface area contributed by atoms with Gasteiger partial charge in [-0.05, 0) is 37.4 Å². The molecule has 0 saturated heterocycles. The Bertz CT molecular complexity index is 1280. The van der Waals surface area contributed by atoms with Gasteiger partial charge in [0.1, 0.15) is 18.1 Å². The van der Waals surface area contributed by atoms with Crippen LogP contribution in [0.25, 0.3) is 10.9 Å². The minimum absolute atomic E-state index is 0.0321. The average Bonchev–Trinajstić information content (AvgIpc) is 3.60. The number of aromatic amines is 2. The summed E-state index contributed by atoms with van der Waals surface area (Å²) in [7, 11) is 0. The fraction of sp³-hybridized carbons (Fsp3) is 0.423. The maximum atomic E-state index is 13.2. The first-order valence-electron chi connectivity index (χ1n) is 13.0. The minimum atomic E-state index is -1.24. The lowest BCUT2D eigenvalue weighted by Crippen LogP contribution is -2.58. The molecule has 0 aliphatic heterocycles. The second-order valence-electron chi connectivity index (χ2n) is 9.44. The second kappa shape index (κ2) is 15.1. The Morgan fingerprint density at radius 3 is 2.33 bits per heavy atom. The van der Waals surface area contributed by atoms with Crippen LogP contribution in [0.15, 0.2) is 43.0 Å². The largest absolute Gasteiger partial charge is 0.480 e. The van der Waals surface area contributed by atoms with Gasteiger partial charge in [0.05, 0.1) is 12.4 Å². The molecule has 0 saturated carbocycles. The number of rotatable bonds is 16. The van der Waals surface area contributed by atoms with Gasteiger partial charge in [-0.25, -0.2) is 9.78 Å². The van der Waals surface area contributed by atoms with E-state index in [-0.39, 0.29) is 25.0 Å². The summed E-state index contributed by atoms with van der Waals surface area (Å²) < 4.78 is 0. The molecule has 0 aliphatic carbocycles. The first-order chi connectivity index (χ1) is 19.2. The summed E-state index contributed by atoms with van der Waals surface area (Å²) in [5, 5.41) is 18.4. The third-order valence-electron chi connectivity index (χ3n) is 6.44. The summed E-state index contributed by atoms with van der Waals surface area (Å²) in [4.78, 5) is 60.8. The smallest absolute Gasteiger partial charge is 0.326 e. The molecule has 2 aromatic heterocycles. The van der Waals surface area contributed by atoms with E-state index in [1.54, 1.807) is 12.4 Å². The van der Waals surface area contributed by atoms with Crippen LogP contribution in [0.3, 0.4) is 0 Å². The number of amides is 3. The number of aliphatic carboxylic acids is 1. The maximum Gasteiger partial charge on any atom is 0.326 e. The molecule has 3 amide bonds. The number of nitrogens with zero attached hydrogens (tertiary/aromatic N) is 1. The Morgan fingerprint density at radius 2 is 1.65 bits per heavy atom. The molecule has 0 radical (unpaired) electrons. The van der Waals surface area contributed by atoms with Gasteiger partial charge in [-0.3, -0.25) is 14.4 Å². The highest BCUT2D eigenvalue weighted by atomic mass is 32.1. The molecule has 10 N–H and O–H groups in total. The summed E-state index contributed by atoms with van der Waals surface area (Å²) in [5.74, 6) is -3.18. The zero-order chi connectivity index (χ0) is 29.1. The molecule has 4 atom stereocenters. The number of unbranched alkanes of at least 4 members (excludes halogenated alkanes) is 1. The molecule has 1 aromatic carbocycles. The fourth-order valence-corrected chi connectivity index (χ4v) is 4.48. The lowest BCUT2D eigenvalue weighted by atomic mass is 10.0. The number of para-hydroxylation sites is 1. The fourth-order valence-electron chi connectivity index (χ4n) is 4.23. The van der Waals surface area contributed by atoms with E-state index in [1.807, 2.05) is 24.3 Å². The van der Waals surface area contributed by atoms with Gasteiger partial charge in [0.15, 0.2) is 0 Å². The zero-order valence-electron chi connectivity index (χ0n) is 21.9. The van der Waals surface area contributed by atoms with Gasteiger partial charge in [-0.2, -0.15) is 12.6 Å². The topological polar surface area (TPSA) is 221 Å². The molecular formula is C26H36N8O5S. The maximum absolute atomic E-state index is 13.2. The van der Waals surface area contributed by atoms with Crippen LogP contribution in [0, 0.1) is 0 Å². The Balaban J connectivity index is 1.64. The van der Waals surface area contributed by atoms with E-state index in [0.29, 0.717) is 25.1 Å². The number of thiol groups is 1. The molecule has 40 heavy (non-hydrogen) atoms. The van der Waals surface area contributed by atoms with E-state index >= 15 is 0 Å². The minimum Gasteiger partial charge on any atom is -0.480 e. The number of benzene rings is 1. The van der Waals surface area contributed by atoms with Crippen molar-refractivity contribution in [3.63, 3.8) is 0 Å². The number of carbonyl (C=O) groups excluding carboxylic acids is 3. The van der Waals surface area contributed by atoms with Crippen LogP contribution in [0.1, 0.15) is 30.5 Å². The van der Waals surface area contributed by atoms with E-state index in [0.717, 1.165) is 16.5 Å². The van der Waals surface area contributed by atoms with Gasteiger partial charge in [-0.1, -0.05) is 18.2 Å². The molecule has 13 nitrogen and oxygen atoms in total. The summed E-state index contributed by atoms with van der Waals surface area (Å²) in [6.07, 6.45) is 6.40. The van der Waals surface area contributed by atoms with Gasteiger partial charge in [0.25, 0.3) is 0 Å². The summed E-state index contributed by atoms with van der Waals surface area (Å²) in [6.45, 7) is 0.413. The molecule has 216 valence electrons. The second-order valence-corrected chi connectivity index (χ2v) is 9.81. The van der Waals surface area contributed by atoms with Crippen molar-refractivity contribution < 1.29 is 24.3 Å². The van der Waals surface area contributed by atoms with E-state index in [4.69, 9.17) is 11.5 Å². The summed E-state index contributed by atoms with van der Waals surface area (Å²) in [5.41, 5.74) is 13.8. The van der Waals surface area contributed by atoms with Crippen molar-refractivity contribution in [1.82, 2.24) is 30.9 Å². The Kier molecular flexibility index (Phi) is 11.5. The van der Waals surface area contributed by atoms with Crippen molar-refractivity contribution in [3.8, 4) is 0 Å². The van der Waals surface area contributed by atoms with Gasteiger partial charge >= 0.3 is 5.97 Å². The van der Waals surface area contributed by atoms with Crippen molar-refractivity contribution in [3.05, 3.63) is 54.2 Å². The Hall–Kier alpha value is -3.88. The number of carboxylic acid groups (broad SMARTS) is 1. The number of nitrogens with one attached hydrogen (secondary N) is 5. The monoisotopic (exact) mass is 572 g/mol. The molecule has 3 rings (SSSR count). The number of fused-ring (bicyclic) bond motifs is 1. The number of hydrogen-bond acceptors (Lipinski definition) is 8. The summed E-state index contributed by atoms with van der Waals surface area (Å²) >= 11 is 4.19. The number of H-pyrrole nitrogens is 2. The van der Waals surface area contributed by atoms with Gasteiger partial charge in [-0.15, -0.1) is 0 Å².